The zero-order valence-electron chi connectivity index (χ0n) is 10.1. The van der Waals surface area contributed by atoms with Gasteiger partial charge in [0.1, 0.15) is 0 Å². The second-order valence-electron chi connectivity index (χ2n) is 4.25. The Balaban J connectivity index is 2.25. The summed E-state index contributed by atoms with van der Waals surface area (Å²) in [5, 5.41) is 0. The topological polar surface area (TPSA) is 38.9 Å². The van der Waals surface area contributed by atoms with E-state index in [1.807, 2.05) is 12.1 Å². The molecule has 0 spiro atoms. The summed E-state index contributed by atoms with van der Waals surface area (Å²) < 4.78 is 0. The molecule has 1 aromatic carbocycles. The maximum atomic E-state index is 6.25. The van der Waals surface area contributed by atoms with Gasteiger partial charge in [-0.1, -0.05) is 37.6 Å². The fourth-order valence-electron chi connectivity index (χ4n) is 1.99. The third-order valence-electron chi connectivity index (χ3n) is 2.91. The highest BCUT2D eigenvalue weighted by molar-refractivity contribution is 5.33. The molecule has 0 fully saturated rings. The van der Waals surface area contributed by atoms with Crippen LogP contribution in [0.4, 0.5) is 0 Å². The lowest BCUT2D eigenvalue weighted by Gasteiger charge is -2.13. The lowest BCUT2D eigenvalue weighted by molar-refractivity contribution is 0.856. The average Bonchev–Trinajstić information content (AvgIpc) is 2.40. The first-order chi connectivity index (χ1) is 8.31. The molecule has 2 aromatic rings. The van der Waals surface area contributed by atoms with Crippen LogP contribution in [0.2, 0.25) is 0 Å². The largest absolute Gasteiger partial charge is 0.320 e. The van der Waals surface area contributed by atoms with E-state index in [1.165, 1.54) is 11.1 Å². The van der Waals surface area contributed by atoms with E-state index < -0.39 is 0 Å². The van der Waals surface area contributed by atoms with E-state index in [0.29, 0.717) is 0 Å². The van der Waals surface area contributed by atoms with Gasteiger partial charge in [0.25, 0.3) is 0 Å². The molecule has 17 heavy (non-hydrogen) atoms. The van der Waals surface area contributed by atoms with Gasteiger partial charge < -0.3 is 5.73 Å². The normalized spacial score (nSPS) is 12.4. The molecule has 1 aromatic heterocycles. The molecular weight excluding hydrogens is 208 g/mol. The summed E-state index contributed by atoms with van der Waals surface area (Å²) in [7, 11) is 0. The molecule has 0 saturated heterocycles. The van der Waals surface area contributed by atoms with Crippen molar-refractivity contribution in [2.75, 3.05) is 0 Å². The molecule has 2 N–H and O–H groups in total. The molecule has 2 heteroatoms. The zero-order chi connectivity index (χ0) is 12.1. The van der Waals surface area contributed by atoms with Crippen molar-refractivity contribution in [2.45, 2.75) is 25.8 Å². The number of aromatic nitrogens is 1. The van der Waals surface area contributed by atoms with E-state index in [4.69, 9.17) is 5.73 Å². The number of nitrogens with zero attached hydrogens (tertiary/aromatic N) is 1. The standard InChI is InChI=1S/C15H18N2/c1-2-4-12-5-3-6-14(11-12)15(16)13-7-9-17-10-8-13/h3,5-11,15H,2,4,16H2,1H3. The minimum absolute atomic E-state index is 0.0604. The van der Waals surface area contributed by atoms with E-state index in [9.17, 15) is 0 Å². The Bertz CT molecular complexity index is 465. The highest BCUT2D eigenvalue weighted by atomic mass is 14.7. The first kappa shape index (κ1) is 11.8. The summed E-state index contributed by atoms with van der Waals surface area (Å²) in [6.07, 6.45) is 5.83. The second kappa shape index (κ2) is 5.60. The van der Waals surface area contributed by atoms with Gasteiger partial charge in [-0.15, -0.1) is 0 Å². The fraction of sp³-hybridized carbons (Fsp3) is 0.267. The van der Waals surface area contributed by atoms with Crippen LogP contribution in [0, 0.1) is 0 Å². The number of aryl methyl sites for hydroxylation is 1. The number of hydrogen-bond donors (Lipinski definition) is 1. The van der Waals surface area contributed by atoms with Crippen LogP contribution in [0.5, 0.6) is 0 Å². The van der Waals surface area contributed by atoms with Gasteiger partial charge in [-0.2, -0.15) is 0 Å². The van der Waals surface area contributed by atoms with Gasteiger partial charge in [0.15, 0.2) is 0 Å². The lowest BCUT2D eigenvalue weighted by Crippen LogP contribution is -2.12. The van der Waals surface area contributed by atoms with Crippen molar-refractivity contribution in [3.05, 3.63) is 65.5 Å². The fourth-order valence-corrected chi connectivity index (χ4v) is 1.99. The monoisotopic (exact) mass is 226 g/mol. The average molecular weight is 226 g/mol. The summed E-state index contributed by atoms with van der Waals surface area (Å²) in [5.41, 5.74) is 9.88. The second-order valence-corrected chi connectivity index (χ2v) is 4.25. The van der Waals surface area contributed by atoms with Gasteiger partial charge in [0, 0.05) is 12.4 Å². The molecule has 0 aliphatic carbocycles. The number of benzene rings is 1. The third kappa shape index (κ3) is 2.92. The number of hydrogen-bond acceptors (Lipinski definition) is 2. The van der Waals surface area contributed by atoms with Gasteiger partial charge in [-0.05, 0) is 35.2 Å². The SMILES string of the molecule is CCCc1cccc(C(N)c2ccncc2)c1. The Kier molecular flexibility index (Phi) is 3.89. The van der Waals surface area contributed by atoms with Crippen molar-refractivity contribution >= 4 is 0 Å². The van der Waals surface area contributed by atoms with Crippen LogP contribution in [-0.4, -0.2) is 4.98 Å². The smallest absolute Gasteiger partial charge is 0.0552 e. The van der Waals surface area contributed by atoms with Crippen LogP contribution in [0.1, 0.15) is 36.1 Å². The highest BCUT2D eigenvalue weighted by Crippen LogP contribution is 2.20. The van der Waals surface area contributed by atoms with E-state index >= 15 is 0 Å². The van der Waals surface area contributed by atoms with Crippen LogP contribution in [0.15, 0.2) is 48.8 Å². The van der Waals surface area contributed by atoms with Gasteiger partial charge in [0.2, 0.25) is 0 Å². The van der Waals surface area contributed by atoms with Crippen LogP contribution in [0.3, 0.4) is 0 Å². The molecule has 0 radical (unpaired) electrons. The van der Waals surface area contributed by atoms with Gasteiger partial charge in [-0.3, -0.25) is 4.98 Å². The molecule has 0 saturated carbocycles. The lowest BCUT2D eigenvalue weighted by atomic mass is 9.98. The molecule has 0 bridgehead atoms. The number of pyridine rings is 1. The molecule has 1 heterocycles. The summed E-state index contributed by atoms with van der Waals surface area (Å²) >= 11 is 0. The van der Waals surface area contributed by atoms with E-state index in [0.717, 1.165) is 18.4 Å². The molecule has 0 aliphatic rings. The summed E-state index contributed by atoms with van der Waals surface area (Å²) in [6.45, 7) is 2.19. The number of rotatable bonds is 4. The maximum absolute atomic E-state index is 6.25. The van der Waals surface area contributed by atoms with Crippen molar-refractivity contribution in [1.82, 2.24) is 4.98 Å². The van der Waals surface area contributed by atoms with Crippen molar-refractivity contribution in [1.29, 1.82) is 0 Å². The maximum Gasteiger partial charge on any atom is 0.0552 e. The number of nitrogens with two attached hydrogens (primary N) is 1. The Morgan fingerprint density at radius 2 is 1.88 bits per heavy atom. The molecular formula is C15H18N2. The Labute approximate surface area is 103 Å². The van der Waals surface area contributed by atoms with Gasteiger partial charge in [-0.25, -0.2) is 0 Å². The molecule has 0 aliphatic heterocycles. The van der Waals surface area contributed by atoms with Crippen molar-refractivity contribution in [3.63, 3.8) is 0 Å². The Morgan fingerprint density at radius 3 is 2.59 bits per heavy atom. The molecule has 1 atom stereocenters. The minimum atomic E-state index is -0.0604. The minimum Gasteiger partial charge on any atom is -0.320 e. The molecule has 88 valence electrons. The van der Waals surface area contributed by atoms with Crippen molar-refractivity contribution in [3.8, 4) is 0 Å². The zero-order valence-corrected chi connectivity index (χ0v) is 10.1. The Hall–Kier alpha value is -1.67. The third-order valence-corrected chi connectivity index (χ3v) is 2.91. The quantitative estimate of drug-likeness (QED) is 0.870. The predicted molar refractivity (Wildman–Crippen MR) is 70.7 cm³/mol. The van der Waals surface area contributed by atoms with Gasteiger partial charge >= 0.3 is 0 Å². The first-order valence-electron chi connectivity index (χ1n) is 6.05. The highest BCUT2D eigenvalue weighted by Gasteiger charge is 2.08. The first-order valence-corrected chi connectivity index (χ1v) is 6.05. The van der Waals surface area contributed by atoms with Gasteiger partial charge in [0.05, 0.1) is 6.04 Å². The molecule has 0 amide bonds. The van der Waals surface area contributed by atoms with Crippen LogP contribution < -0.4 is 5.73 Å². The van der Waals surface area contributed by atoms with E-state index in [2.05, 4.69) is 36.2 Å². The van der Waals surface area contributed by atoms with Crippen molar-refractivity contribution < 1.29 is 0 Å². The van der Waals surface area contributed by atoms with E-state index in [1.54, 1.807) is 12.4 Å². The molecule has 2 nitrogen and oxygen atoms in total. The summed E-state index contributed by atoms with van der Waals surface area (Å²) in [6, 6.07) is 12.4. The van der Waals surface area contributed by atoms with Crippen molar-refractivity contribution in [2.24, 2.45) is 5.73 Å². The molecule has 2 rings (SSSR count). The van der Waals surface area contributed by atoms with Crippen LogP contribution in [0.25, 0.3) is 0 Å². The van der Waals surface area contributed by atoms with E-state index in [-0.39, 0.29) is 6.04 Å². The summed E-state index contributed by atoms with van der Waals surface area (Å²) in [4.78, 5) is 4.01. The molecule has 1 unspecified atom stereocenters. The predicted octanol–water partition coefficient (Wildman–Crippen LogP) is 3.08. The van der Waals surface area contributed by atoms with Crippen LogP contribution >= 0.6 is 0 Å². The Morgan fingerprint density at radius 1 is 1.12 bits per heavy atom. The summed E-state index contributed by atoms with van der Waals surface area (Å²) in [5.74, 6) is 0. The van der Waals surface area contributed by atoms with Crippen LogP contribution in [-0.2, 0) is 6.42 Å².